The minimum absolute atomic E-state index is 0.280. The van der Waals surface area contributed by atoms with Gasteiger partial charge in [-0.1, -0.05) is 73.5 Å². The van der Waals surface area contributed by atoms with E-state index in [1.165, 1.54) is 36.8 Å². The topological polar surface area (TPSA) is 29.3 Å². The maximum Gasteiger partial charge on any atom is 0.202 e. The molecule has 4 rings (SSSR count). The van der Waals surface area contributed by atoms with Crippen LogP contribution in [0.1, 0.15) is 54.4 Å². The molecule has 0 spiro atoms. The Hall–Kier alpha value is -2.39. The first-order valence-electron chi connectivity index (χ1n) is 10.0. The van der Waals surface area contributed by atoms with Crippen LogP contribution in [-0.2, 0) is 13.1 Å². The summed E-state index contributed by atoms with van der Waals surface area (Å²) in [5.74, 6) is 2.75. The molecule has 0 radical (unpaired) electrons. The van der Waals surface area contributed by atoms with Crippen LogP contribution >= 0.6 is 0 Å². The maximum atomic E-state index is 6.27. The van der Waals surface area contributed by atoms with E-state index >= 15 is 0 Å². The van der Waals surface area contributed by atoms with Gasteiger partial charge in [0.25, 0.3) is 0 Å². The lowest BCUT2D eigenvalue weighted by Gasteiger charge is -2.21. The van der Waals surface area contributed by atoms with Gasteiger partial charge >= 0.3 is 0 Å². The second kappa shape index (κ2) is 8.53. The van der Waals surface area contributed by atoms with Crippen molar-refractivity contribution in [1.82, 2.24) is 9.88 Å². The molecule has 1 unspecified atom stereocenters. The van der Waals surface area contributed by atoms with E-state index in [9.17, 15) is 0 Å². The van der Waals surface area contributed by atoms with Crippen LogP contribution in [0.25, 0.3) is 0 Å². The zero-order chi connectivity index (χ0) is 18.5. The molecule has 1 heterocycles. The minimum atomic E-state index is 0.280. The van der Waals surface area contributed by atoms with Gasteiger partial charge in [-0.25, -0.2) is 4.98 Å². The van der Waals surface area contributed by atoms with Gasteiger partial charge in [0.1, 0.15) is 5.76 Å². The first-order chi connectivity index (χ1) is 13.3. The number of benzene rings is 2. The lowest BCUT2D eigenvalue weighted by molar-refractivity contribution is 0.276. The van der Waals surface area contributed by atoms with Crippen molar-refractivity contribution in [2.45, 2.75) is 44.7 Å². The summed E-state index contributed by atoms with van der Waals surface area (Å²) in [4.78, 5) is 6.97. The molecule has 3 heteroatoms. The fraction of sp³-hybridized carbons (Fsp3) is 0.375. The van der Waals surface area contributed by atoms with Crippen LogP contribution in [0.5, 0.6) is 0 Å². The van der Waals surface area contributed by atoms with Crippen molar-refractivity contribution < 1.29 is 4.42 Å². The molecule has 1 atom stereocenters. The molecule has 1 fully saturated rings. The van der Waals surface area contributed by atoms with Gasteiger partial charge in [-0.15, -0.1) is 0 Å². The van der Waals surface area contributed by atoms with Gasteiger partial charge in [-0.2, -0.15) is 0 Å². The number of oxazole rings is 1. The van der Waals surface area contributed by atoms with Gasteiger partial charge < -0.3 is 4.42 Å². The number of nitrogens with zero attached hydrogens (tertiary/aromatic N) is 2. The predicted molar refractivity (Wildman–Crippen MR) is 108 cm³/mol. The summed E-state index contributed by atoms with van der Waals surface area (Å²) in [5.41, 5.74) is 2.64. The van der Waals surface area contributed by atoms with Crippen LogP contribution in [0.3, 0.4) is 0 Å². The predicted octanol–water partition coefficient (Wildman–Crippen LogP) is 5.63. The van der Waals surface area contributed by atoms with E-state index in [-0.39, 0.29) is 5.92 Å². The monoisotopic (exact) mass is 360 g/mol. The number of hydrogen-bond donors (Lipinski definition) is 0. The van der Waals surface area contributed by atoms with Crippen LogP contribution in [0.15, 0.2) is 71.3 Å². The Morgan fingerprint density at radius 1 is 0.963 bits per heavy atom. The van der Waals surface area contributed by atoms with Gasteiger partial charge in [0.2, 0.25) is 5.89 Å². The lowest BCUT2D eigenvalue weighted by Crippen LogP contribution is -2.16. The zero-order valence-corrected chi connectivity index (χ0v) is 16.1. The third-order valence-corrected chi connectivity index (χ3v) is 5.59. The minimum Gasteiger partial charge on any atom is -0.444 e. The van der Waals surface area contributed by atoms with Crippen molar-refractivity contribution in [3.8, 4) is 0 Å². The first kappa shape index (κ1) is 18.0. The molecular formula is C24H28N2O. The quantitative estimate of drug-likeness (QED) is 0.547. The molecule has 27 heavy (non-hydrogen) atoms. The average molecular weight is 361 g/mol. The van der Waals surface area contributed by atoms with E-state index in [1.54, 1.807) is 0 Å². The van der Waals surface area contributed by atoms with Crippen LogP contribution in [-0.4, -0.2) is 16.9 Å². The summed E-state index contributed by atoms with van der Waals surface area (Å²) >= 11 is 0. The summed E-state index contributed by atoms with van der Waals surface area (Å²) in [6.45, 7) is 1.68. The fourth-order valence-corrected chi connectivity index (χ4v) is 4.32. The third kappa shape index (κ3) is 4.48. The van der Waals surface area contributed by atoms with Crippen LogP contribution in [0.4, 0.5) is 0 Å². The second-order valence-electron chi connectivity index (χ2n) is 7.76. The molecule has 1 aromatic heterocycles. The second-order valence-corrected chi connectivity index (χ2v) is 7.76. The molecule has 0 amide bonds. The maximum absolute atomic E-state index is 6.27. The van der Waals surface area contributed by atoms with Gasteiger partial charge in [0.15, 0.2) is 0 Å². The molecule has 0 saturated heterocycles. The Kier molecular flexibility index (Phi) is 5.69. The highest BCUT2D eigenvalue weighted by molar-refractivity contribution is 5.26. The van der Waals surface area contributed by atoms with Crippen LogP contribution < -0.4 is 0 Å². The van der Waals surface area contributed by atoms with Crippen molar-refractivity contribution >= 4 is 0 Å². The highest BCUT2D eigenvalue weighted by atomic mass is 16.4. The molecule has 0 N–H and O–H groups in total. The molecule has 2 aromatic carbocycles. The highest BCUT2D eigenvalue weighted by Crippen LogP contribution is 2.41. The number of rotatable bonds is 7. The molecule has 140 valence electrons. The number of aromatic nitrogens is 1. The Bertz CT molecular complexity index is 822. The van der Waals surface area contributed by atoms with Gasteiger partial charge in [0.05, 0.1) is 18.7 Å². The van der Waals surface area contributed by atoms with Crippen molar-refractivity contribution in [2.75, 3.05) is 7.05 Å². The summed E-state index contributed by atoms with van der Waals surface area (Å²) in [6.07, 6.45) is 7.10. The normalized spacial score (nSPS) is 16.1. The van der Waals surface area contributed by atoms with E-state index in [1.807, 2.05) is 6.20 Å². The Labute approximate surface area is 162 Å². The van der Waals surface area contributed by atoms with Gasteiger partial charge in [-0.3, -0.25) is 4.90 Å². The summed E-state index contributed by atoms with van der Waals surface area (Å²) in [6, 6.07) is 21.3. The highest BCUT2D eigenvalue weighted by Gasteiger charge is 2.31. The molecular weight excluding hydrogens is 332 g/mol. The van der Waals surface area contributed by atoms with E-state index in [2.05, 4.69) is 72.6 Å². The average Bonchev–Trinajstić information content (AvgIpc) is 3.37. The Balaban J connectivity index is 1.49. The zero-order valence-electron chi connectivity index (χ0n) is 16.1. The van der Waals surface area contributed by atoms with E-state index < -0.39 is 0 Å². The molecule has 3 aromatic rings. The van der Waals surface area contributed by atoms with E-state index in [0.29, 0.717) is 5.92 Å². The summed E-state index contributed by atoms with van der Waals surface area (Å²) in [7, 11) is 2.13. The van der Waals surface area contributed by atoms with Crippen molar-refractivity contribution in [3.05, 3.63) is 89.6 Å². The largest absolute Gasteiger partial charge is 0.444 e. The van der Waals surface area contributed by atoms with Gasteiger partial charge in [-0.05, 0) is 36.9 Å². The molecule has 1 saturated carbocycles. The molecule has 0 bridgehead atoms. The van der Waals surface area contributed by atoms with Crippen molar-refractivity contribution in [3.63, 3.8) is 0 Å². The Morgan fingerprint density at radius 3 is 2.33 bits per heavy atom. The molecule has 1 aliphatic carbocycles. The van der Waals surface area contributed by atoms with E-state index in [0.717, 1.165) is 24.7 Å². The van der Waals surface area contributed by atoms with Crippen molar-refractivity contribution in [1.29, 1.82) is 0 Å². The van der Waals surface area contributed by atoms with Crippen molar-refractivity contribution in [2.24, 2.45) is 5.92 Å². The molecule has 1 aliphatic rings. The van der Waals surface area contributed by atoms with E-state index in [4.69, 9.17) is 9.40 Å². The molecule has 0 aliphatic heterocycles. The first-order valence-corrected chi connectivity index (χ1v) is 10.0. The van der Waals surface area contributed by atoms with Crippen LogP contribution in [0, 0.1) is 5.92 Å². The summed E-state index contributed by atoms with van der Waals surface area (Å²) in [5, 5.41) is 0. The summed E-state index contributed by atoms with van der Waals surface area (Å²) < 4.78 is 6.27. The molecule has 3 nitrogen and oxygen atoms in total. The van der Waals surface area contributed by atoms with Gasteiger partial charge in [0, 0.05) is 6.54 Å². The fourth-order valence-electron chi connectivity index (χ4n) is 4.32. The smallest absolute Gasteiger partial charge is 0.202 e. The number of hydrogen-bond acceptors (Lipinski definition) is 3. The third-order valence-electron chi connectivity index (χ3n) is 5.59. The standard InChI is InChI=1S/C24H28N2O/c1-26(17-19-10-4-2-5-11-19)18-22-16-25-24(27-22)23(21-14-8-9-15-21)20-12-6-3-7-13-20/h2-7,10-13,16,21,23H,8-9,14-15,17-18H2,1H3. The lowest BCUT2D eigenvalue weighted by atomic mass is 9.85. The van der Waals surface area contributed by atoms with Crippen LogP contribution in [0.2, 0.25) is 0 Å². The SMILES string of the molecule is CN(Cc1ccccc1)Cc1cnc(C(c2ccccc2)C2CCCC2)o1. The Morgan fingerprint density at radius 2 is 1.63 bits per heavy atom.